The highest BCUT2D eigenvalue weighted by Gasteiger charge is 2.17. The molecule has 0 spiro atoms. The Kier molecular flexibility index (Phi) is 8.67. The van der Waals surface area contributed by atoms with Crippen molar-refractivity contribution in [2.45, 2.75) is 51.0 Å². The predicted molar refractivity (Wildman–Crippen MR) is 71.4 cm³/mol. The van der Waals surface area contributed by atoms with Crippen LogP contribution in [0.3, 0.4) is 0 Å². The number of hydrogen-bond acceptors (Lipinski definition) is 3. The molecule has 1 fully saturated rings. The van der Waals surface area contributed by atoms with Crippen molar-refractivity contribution in [1.82, 2.24) is 5.32 Å². The third-order valence-corrected chi connectivity index (χ3v) is 3.79. The Morgan fingerprint density at radius 1 is 1.12 bits per heavy atom. The van der Waals surface area contributed by atoms with Gasteiger partial charge in [0.1, 0.15) is 0 Å². The maximum absolute atomic E-state index is 5.53. The maximum Gasteiger partial charge on any atom is 0.0700 e. The zero-order valence-corrected chi connectivity index (χ0v) is 11.5. The molecule has 1 N–H and O–H groups in total. The molecule has 1 aliphatic carbocycles. The van der Waals surface area contributed by atoms with Crippen molar-refractivity contribution in [1.29, 1.82) is 0 Å². The fraction of sp³-hybridized carbons (Fsp3) is 1.00. The third-order valence-electron chi connectivity index (χ3n) is 3.79. The van der Waals surface area contributed by atoms with Crippen LogP contribution in [0.25, 0.3) is 0 Å². The van der Waals surface area contributed by atoms with Crippen LogP contribution in [0.4, 0.5) is 0 Å². The van der Waals surface area contributed by atoms with Gasteiger partial charge in [-0.15, -0.1) is 0 Å². The summed E-state index contributed by atoms with van der Waals surface area (Å²) in [6, 6.07) is 0.626. The zero-order chi connectivity index (χ0) is 12.3. The van der Waals surface area contributed by atoms with E-state index in [1.165, 1.54) is 38.5 Å². The van der Waals surface area contributed by atoms with Crippen LogP contribution in [-0.4, -0.2) is 40.0 Å². The molecule has 3 heteroatoms. The first-order chi connectivity index (χ1) is 8.36. The molecule has 0 radical (unpaired) electrons. The van der Waals surface area contributed by atoms with Crippen LogP contribution in [0, 0.1) is 5.92 Å². The van der Waals surface area contributed by atoms with Crippen LogP contribution in [0.2, 0.25) is 0 Å². The first-order valence-electron chi connectivity index (χ1n) is 7.10. The Morgan fingerprint density at radius 3 is 2.53 bits per heavy atom. The normalized spacial score (nSPS) is 19.4. The summed E-state index contributed by atoms with van der Waals surface area (Å²) in [5.41, 5.74) is 0. The summed E-state index contributed by atoms with van der Waals surface area (Å²) in [6.07, 6.45) is 9.63. The molecule has 0 aromatic carbocycles. The Balaban J connectivity index is 2.05. The average molecular weight is 243 g/mol. The average Bonchev–Trinajstić information content (AvgIpc) is 2.38. The van der Waals surface area contributed by atoms with Crippen LogP contribution in [0.15, 0.2) is 0 Å². The lowest BCUT2D eigenvalue weighted by Crippen LogP contribution is -2.30. The van der Waals surface area contributed by atoms with Crippen LogP contribution in [0.1, 0.15) is 44.9 Å². The van der Waals surface area contributed by atoms with Gasteiger partial charge in [-0.25, -0.2) is 0 Å². The molecule has 1 atom stereocenters. The second kappa shape index (κ2) is 9.86. The number of rotatable bonds is 9. The minimum Gasteiger partial charge on any atom is -0.382 e. The lowest BCUT2D eigenvalue weighted by atomic mass is 9.84. The number of methoxy groups -OCH3 is 1. The highest BCUT2D eigenvalue weighted by molar-refractivity contribution is 4.73. The van der Waals surface area contributed by atoms with E-state index in [1.807, 2.05) is 0 Å². The minimum atomic E-state index is 0.626. The molecule has 0 amide bonds. The van der Waals surface area contributed by atoms with Gasteiger partial charge in [0.25, 0.3) is 0 Å². The van der Waals surface area contributed by atoms with Gasteiger partial charge in [-0.1, -0.05) is 32.1 Å². The molecule has 0 aromatic rings. The van der Waals surface area contributed by atoms with E-state index < -0.39 is 0 Å². The van der Waals surface area contributed by atoms with Gasteiger partial charge in [-0.05, 0) is 25.8 Å². The van der Waals surface area contributed by atoms with E-state index in [2.05, 4.69) is 12.4 Å². The van der Waals surface area contributed by atoms with Crippen LogP contribution < -0.4 is 5.32 Å². The van der Waals surface area contributed by atoms with Gasteiger partial charge in [0, 0.05) is 19.8 Å². The smallest absolute Gasteiger partial charge is 0.0700 e. The predicted octanol–water partition coefficient (Wildman–Crippen LogP) is 2.60. The lowest BCUT2D eigenvalue weighted by molar-refractivity contribution is 0.0646. The van der Waals surface area contributed by atoms with Crippen molar-refractivity contribution in [2.24, 2.45) is 5.92 Å². The summed E-state index contributed by atoms with van der Waals surface area (Å²) in [6.45, 7) is 2.27. The third kappa shape index (κ3) is 7.02. The van der Waals surface area contributed by atoms with Gasteiger partial charge < -0.3 is 14.8 Å². The number of nitrogens with one attached hydrogen (secondary N) is 1. The molecule has 0 bridgehead atoms. The molecule has 0 heterocycles. The molecule has 0 saturated heterocycles. The molecule has 17 heavy (non-hydrogen) atoms. The summed E-state index contributed by atoms with van der Waals surface area (Å²) in [7, 11) is 3.78. The van der Waals surface area contributed by atoms with E-state index in [1.54, 1.807) is 7.11 Å². The number of ether oxygens (including phenoxy) is 2. The molecule has 102 valence electrons. The molecular weight excluding hydrogens is 214 g/mol. The molecule has 0 aromatic heterocycles. The van der Waals surface area contributed by atoms with Crippen molar-refractivity contribution in [3.63, 3.8) is 0 Å². The largest absolute Gasteiger partial charge is 0.382 e. The van der Waals surface area contributed by atoms with E-state index in [4.69, 9.17) is 9.47 Å². The van der Waals surface area contributed by atoms with Crippen LogP contribution >= 0.6 is 0 Å². The fourth-order valence-corrected chi connectivity index (χ4v) is 2.68. The Hall–Kier alpha value is -0.120. The maximum atomic E-state index is 5.53. The molecule has 3 nitrogen and oxygen atoms in total. The molecule has 1 aliphatic rings. The van der Waals surface area contributed by atoms with Crippen molar-refractivity contribution in [2.75, 3.05) is 34.0 Å². The molecule has 1 rings (SSSR count). The zero-order valence-electron chi connectivity index (χ0n) is 11.5. The van der Waals surface area contributed by atoms with Gasteiger partial charge in [0.05, 0.1) is 13.2 Å². The van der Waals surface area contributed by atoms with E-state index in [9.17, 15) is 0 Å². The monoisotopic (exact) mass is 243 g/mol. The van der Waals surface area contributed by atoms with Crippen molar-refractivity contribution in [3.8, 4) is 0 Å². The topological polar surface area (TPSA) is 30.5 Å². The first kappa shape index (κ1) is 14.9. The molecule has 1 unspecified atom stereocenters. The summed E-state index contributed by atoms with van der Waals surface area (Å²) in [5, 5.41) is 3.43. The lowest BCUT2D eigenvalue weighted by Gasteiger charge is -2.26. The van der Waals surface area contributed by atoms with E-state index in [0.717, 1.165) is 25.6 Å². The van der Waals surface area contributed by atoms with Crippen molar-refractivity contribution in [3.05, 3.63) is 0 Å². The summed E-state index contributed by atoms with van der Waals surface area (Å²) in [5.74, 6) is 0.945. The summed E-state index contributed by atoms with van der Waals surface area (Å²) >= 11 is 0. The molecule has 1 saturated carbocycles. The van der Waals surface area contributed by atoms with Gasteiger partial charge in [0.2, 0.25) is 0 Å². The van der Waals surface area contributed by atoms with Gasteiger partial charge in [-0.2, -0.15) is 0 Å². The first-order valence-corrected chi connectivity index (χ1v) is 7.10. The summed E-state index contributed by atoms with van der Waals surface area (Å²) < 4.78 is 10.5. The highest BCUT2D eigenvalue weighted by atomic mass is 16.5. The summed E-state index contributed by atoms with van der Waals surface area (Å²) in [4.78, 5) is 0. The van der Waals surface area contributed by atoms with E-state index in [-0.39, 0.29) is 0 Å². The fourth-order valence-electron chi connectivity index (χ4n) is 2.68. The van der Waals surface area contributed by atoms with Gasteiger partial charge >= 0.3 is 0 Å². The molecule has 0 aliphatic heterocycles. The SMILES string of the molecule is CNC(CCOCCOC)CC1CCCCC1. The van der Waals surface area contributed by atoms with Crippen LogP contribution in [0.5, 0.6) is 0 Å². The Morgan fingerprint density at radius 2 is 1.88 bits per heavy atom. The van der Waals surface area contributed by atoms with E-state index >= 15 is 0 Å². The second-order valence-corrected chi connectivity index (χ2v) is 5.12. The molecular formula is C14H29NO2. The minimum absolute atomic E-state index is 0.626. The standard InChI is InChI=1S/C14H29NO2/c1-15-14(8-9-17-11-10-16-2)12-13-6-4-3-5-7-13/h13-15H,3-12H2,1-2H3. The van der Waals surface area contributed by atoms with Crippen molar-refractivity contribution >= 4 is 0 Å². The van der Waals surface area contributed by atoms with Gasteiger partial charge in [-0.3, -0.25) is 0 Å². The van der Waals surface area contributed by atoms with Crippen LogP contribution in [-0.2, 0) is 9.47 Å². The highest BCUT2D eigenvalue weighted by Crippen LogP contribution is 2.27. The van der Waals surface area contributed by atoms with Gasteiger partial charge in [0.15, 0.2) is 0 Å². The van der Waals surface area contributed by atoms with Crippen molar-refractivity contribution < 1.29 is 9.47 Å². The Bertz CT molecular complexity index is 170. The quantitative estimate of drug-likeness (QED) is 0.631. The second-order valence-electron chi connectivity index (χ2n) is 5.12. The number of hydrogen-bond donors (Lipinski definition) is 1. The Labute approximate surface area is 106 Å². The van der Waals surface area contributed by atoms with E-state index in [0.29, 0.717) is 12.6 Å².